The molecule has 5 heteroatoms. The maximum absolute atomic E-state index is 11.5. The van der Waals surface area contributed by atoms with Crippen molar-refractivity contribution in [3.8, 4) is 11.8 Å². The van der Waals surface area contributed by atoms with Crippen molar-refractivity contribution in [2.24, 2.45) is 0 Å². The lowest BCUT2D eigenvalue weighted by molar-refractivity contribution is -0.120. The van der Waals surface area contributed by atoms with Crippen LogP contribution < -0.4 is 5.32 Å². The predicted octanol–water partition coefficient (Wildman–Crippen LogP) is 2.05. The average molecular weight is 282 g/mol. The van der Waals surface area contributed by atoms with Crippen molar-refractivity contribution in [1.29, 1.82) is 0 Å². The summed E-state index contributed by atoms with van der Waals surface area (Å²) in [5, 5.41) is 11.8. The van der Waals surface area contributed by atoms with Gasteiger partial charge in [0.1, 0.15) is 6.61 Å². The number of aliphatic hydroxyl groups excluding tert-OH is 1. The summed E-state index contributed by atoms with van der Waals surface area (Å²) < 4.78 is 5.01. The molecule has 1 aromatic carbocycles. The van der Waals surface area contributed by atoms with Crippen molar-refractivity contribution < 1.29 is 14.6 Å². The van der Waals surface area contributed by atoms with Crippen molar-refractivity contribution in [3.63, 3.8) is 0 Å². The van der Waals surface area contributed by atoms with Crippen molar-refractivity contribution in [1.82, 2.24) is 0 Å². The smallest absolute Gasteiger partial charge is 0.250 e. The highest BCUT2D eigenvalue weighted by Gasteiger charge is 2.06. The molecule has 0 atom stereocenters. The van der Waals surface area contributed by atoms with E-state index in [0.717, 1.165) is 5.56 Å². The number of hydrogen-bond donors (Lipinski definition) is 2. The first-order chi connectivity index (χ1) is 9.17. The zero-order chi connectivity index (χ0) is 14.1. The molecule has 2 N–H and O–H groups in total. The number of nitrogens with one attached hydrogen (secondary N) is 1. The second-order valence-corrected chi connectivity index (χ2v) is 4.06. The Morgan fingerprint density at radius 1 is 1.53 bits per heavy atom. The fraction of sp³-hybridized carbons (Fsp3) is 0.357. The fourth-order valence-electron chi connectivity index (χ4n) is 1.30. The first-order valence-corrected chi connectivity index (χ1v) is 6.32. The van der Waals surface area contributed by atoms with Gasteiger partial charge in [-0.25, -0.2) is 0 Å². The lowest BCUT2D eigenvalue weighted by Gasteiger charge is -2.07. The highest BCUT2D eigenvalue weighted by molar-refractivity contribution is 6.33. The van der Waals surface area contributed by atoms with E-state index in [1.807, 2.05) is 6.92 Å². The van der Waals surface area contributed by atoms with Crippen LogP contribution >= 0.6 is 11.6 Å². The van der Waals surface area contributed by atoms with Gasteiger partial charge in [-0.05, 0) is 25.1 Å². The molecule has 0 aliphatic carbocycles. The van der Waals surface area contributed by atoms with E-state index in [2.05, 4.69) is 17.2 Å². The summed E-state index contributed by atoms with van der Waals surface area (Å²) in [5.74, 6) is 5.42. The van der Waals surface area contributed by atoms with Gasteiger partial charge in [-0.3, -0.25) is 4.79 Å². The third-order valence-electron chi connectivity index (χ3n) is 2.15. The highest BCUT2D eigenvalue weighted by atomic mass is 35.5. The molecule has 4 nitrogen and oxygen atoms in total. The summed E-state index contributed by atoms with van der Waals surface area (Å²) in [6, 6.07) is 5.11. The summed E-state index contributed by atoms with van der Waals surface area (Å²) in [4.78, 5) is 11.5. The van der Waals surface area contributed by atoms with Crippen molar-refractivity contribution >= 4 is 23.2 Å². The van der Waals surface area contributed by atoms with Crippen LogP contribution in [0.1, 0.15) is 18.9 Å². The lowest BCUT2D eigenvalue weighted by atomic mass is 10.2. The summed E-state index contributed by atoms with van der Waals surface area (Å²) in [6.45, 7) is 2.32. The van der Waals surface area contributed by atoms with Gasteiger partial charge in [-0.1, -0.05) is 23.4 Å². The molecule has 0 radical (unpaired) electrons. The second-order valence-electron chi connectivity index (χ2n) is 3.66. The average Bonchev–Trinajstić information content (AvgIpc) is 2.40. The van der Waals surface area contributed by atoms with Gasteiger partial charge in [0.25, 0.3) is 0 Å². The van der Waals surface area contributed by atoms with Crippen LogP contribution in [0.3, 0.4) is 0 Å². The van der Waals surface area contributed by atoms with Crippen LogP contribution in [-0.2, 0) is 9.53 Å². The molecule has 0 unspecified atom stereocenters. The number of halogens is 1. The van der Waals surface area contributed by atoms with Crippen LogP contribution in [-0.4, -0.2) is 30.8 Å². The largest absolute Gasteiger partial charge is 0.395 e. The molecule has 102 valence electrons. The number of benzene rings is 1. The van der Waals surface area contributed by atoms with E-state index in [1.165, 1.54) is 0 Å². The first kappa shape index (κ1) is 15.5. The van der Waals surface area contributed by atoms with Gasteiger partial charge < -0.3 is 15.2 Å². The standard InChI is InChI=1S/C14H16ClNO3/c1-2-19-10-14(18)16-13-9-11(5-3-4-8-17)6-7-12(13)15/h6-7,9,17H,2,4,8,10H2,1H3,(H,16,18). The zero-order valence-corrected chi connectivity index (χ0v) is 11.5. The number of ether oxygens (including phenoxy) is 1. The molecule has 1 rings (SSSR count). The number of rotatable bonds is 5. The number of carbonyl (C=O) groups is 1. The Balaban J connectivity index is 2.75. The van der Waals surface area contributed by atoms with Gasteiger partial charge in [-0.15, -0.1) is 0 Å². The molecule has 1 amide bonds. The SMILES string of the molecule is CCOCC(=O)Nc1cc(C#CCCO)ccc1Cl. The fourth-order valence-corrected chi connectivity index (χ4v) is 1.47. The molecule has 0 saturated heterocycles. The Morgan fingerprint density at radius 3 is 3.00 bits per heavy atom. The molecule has 0 aliphatic heterocycles. The zero-order valence-electron chi connectivity index (χ0n) is 10.7. The third-order valence-corrected chi connectivity index (χ3v) is 2.48. The van der Waals surface area contributed by atoms with Crippen LogP contribution in [0.4, 0.5) is 5.69 Å². The Kier molecular flexibility index (Phi) is 6.98. The van der Waals surface area contributed by atoms with Gasteiger partial charge in [0.05, 0.1) is 17.3 Å². The van der Waals surface area contributed by atoms with Gasteiger partial charge in [0.15, 0.2) is 0 Å². The molecule has 1 aromatic rings. The minimum Gasteiger partial charge on any atom is -0.395 e. The summed E-state index contributed by atoms with van der Waals surface area (Å²) >= 11 is 5.99. The normalized spacial score (nSPS) is 9.63. The van der Waals surface area contributed by atoms with Crippen molar-refractivity contribution in [3.05, 3.63) is 28.8 Å². The van der Waals surface area contributed by atoms with Crippen molar-refractivity contribution in [2.75, 3.05) is 25.1 Å². The molecule has 0 spiro atoms. The number of carbonyl (C=O) groups excluding carboxylic acids is 1. The second kappa shape index (κ2) is 8.54. The molecule has 0 aromatic heterocycles. The Bertz CT molecular complexity index is 491. The quantitative estimate of drug-likeness (QED) is 0.812. The molecule has 0 saturated carbocycles. The Labute approximate surface area is 117 Å². The maximum atomic E-state index is 11.5. The maximum Gasteiger partial charge on any atom is 0.250 e. The van der Waals surface area contributed by atoms with Gasteiger partial charge >= 0.3 is 0 Å². The number of hydrogen-bond acceptors (Lipinski definition) is 3. The summed E-state index contributed by atoms with van der Waals surface area (Å²) in [7, 11) is 0. The number of amides is 1. The Hall–Kier alpha value is -1.54. The molecule has 0 bridgehead atoms. The first-order valence-electron chi connectivity index (χ1n) is 5.94. The van der Waals surface area contributed by atoms with Crippen LogP contribution in [0.2, 0.25) is 5.02 Å². The van der Waals surface area contributed by atoms with E-state index in [9.17, 15) is 4.79 Å². The molecule has 0 aliphatic rings. The van der Waals surface area contributed by atoms with E-state index in [0.29, 0.717) is 23.7 Å². The minimum atomic E-state index is -0.260. The van der Waals surface area contributed by atoms with Crippen LogP contribution in [0.15, 0.2) is 18.2 Å². The summed E-state index contributed by atoms with van der Waals surface area (Å²) in [6.07, 6.45) is 0.411. The third kappa shape index (κ3) is 5.75. The molecular weight excluding hydrogens is 266 g/mol. The van der Waals surface area contributed by atoms with Crippen LogP contribution in [0.5, 0.6) is 0 Å². The van der Waals surface area contributed by atoms with Gasteiger partial charge in [0.2, 0.25) is 5.91 Å². The molecular formula is C14H16ClNO3. The lowest BCUT2D eigenvalue weighted by Crippen LogP contribution is -2.18. The molecule has 0 heterocycles. The van der Waals surface area contributed by atoms with Crippen LogP contribution in [0, 0.1) is 11.8 Å². The number of aliphatic hydroxyl groups is 1. The van der Waals surface area contributed by atoms with Gasteiger partial charge in [0, 0.05) is 18.6 Å². The van der Waals surface area contributed by atoms with E-state index in [1.54, 1.807) is 18.2 Å². The van der Waals surface area contributed by atoms with E-state index < -0.39 is 0 Å². The van der Waals surface area contributed by atoms with E-state index in [-0.39, 0.29) is 19.1 Å². The van der Waals surface area contributed by atoms with Gasteiger partial charge in [-0.2, -0.15) is 0 Å². The minimum absolute atomic E-state index is 0.00670. The highest BCUT2D eigenvalue weighted by Crippen LogP contribution is 2.22. The predicted molar refractivity (Wildman–Crippen MR) is 75.2 cm³/mol. The van der Waals surface area contributed by atoms with Crippen LogP contribution in [0.25, 0.3) is 0 Å². The monoisotopic (exact) mass is 281 g/mol. The number of anilines is 1. The topological polar surface area (TPSA) is 58.6 Å². The summed E-state index contributed by atoms with van der Waals surface area (Å²) in [5.41, 5.74) is 1.23. The van der Waals surface area contributed by atoms with E-state index in [4.69, 9.17) is 21.4 Å². The van der Waals surface area contributed by atoms with Crippen molar-refractivity contribution in [2.45, 2.75) is 13.3 Å². The Morgan fingerprint density at radius 2 is 2.32 bits per heavy atom. The molecule has 19 heavy (non-hydrogen) atoms. The van der Waals surface area contributed by atoms with E-state index >= 15 is 0 Å². The molecule has 0 fully saturated rings.